The van der Waals surface area contributed by atoms with Crippen LogP contribution in [0.2, 0.25) is 0 Å². The lowest BCUT2D eigenvalue weighted by molar-refractivity contribution is -0.121. The van der Waals surface area contributed by atoms with Gasteiger partial charge in [-0.1, -0.05) is 11.2 Å². The molecule has 0 saturated carbocycles. The third-order valence-electron chi connectivity index (χ3n) is 5.08. The summed E-state index contributed by atoms with van der Waals surface area (Å²) < 4.78 is 16.1. The Morgan fingerprint density at radius 2 is 2.21 bits per heavy atom. The zero-order chi connectivity index (χ0) is 19.6. The molecule has 2 aliphatic rings. The molecule has 9 heteroatoms. The minimum atomic E-state index is -0.0890. The van der Waals surface area contributed by atoms with E-state index < -0.39 is 0 Å². The molecular formula is C20H20N4O4S. The van der Waals surface area contributed by atoms with Crippen LogP contribution in [0.3, 0.4) is 0 Å². The van der Waals surface area contributed by atoms with Crippen molar-refractivity contribution in [2.24, 2.45) is 5.92 Å². The molecule has 1 atom stereocenters. The fourth-order valence-electron chi connectivity index (χ4n) is 3.65. The number of anilines is 1. The maximum atomic E-state index is 12.8. The number of hydrogen-bond acceptors (Lipinski definition) is 8. The number of likely N-dealkylation sites (tertiary alicyclic amines) is 1. The van der Waals surface area contributed by atoms with Gasteiger partial charge in [0.05, 0.1) is 17.3 Å². The molecule has 0 spiro atoms. The van der Waals surface area contributed by atoms with Crippen molar-refractivity contribution in [1.82, 2.24) is 15.0 Å². The molecule has 8 nitrogen and oxygen atoms in total. The van der Waals surface area contributed by atoms with Gasteiger partial charge in [0.15, 0.2) is 11.5 Å². The van der Waals surface area contributed by atoms with Crippen molar-refractivity contribution >= 4 is 22.9 Å². The predicted octanol–water partition coefficient (Wildman–Crippen LogP) is 3.38. The molecule has 1 unspecified atom stereocenters. The second-order valence-corrected chi connectivity index (χ2v) is 8.07. The normalized spacial score (nSPS) is 18.7. The Bertz CT molecular complexity index is 1000. The van der Waals surface area contributed by atoms with Crippen LogP contribution >= 0.6 is 11.3 Å². The highest BCUT2D eigenvalue weighted by molar-refractivity contribution is 7.13. The number of amides is 1. The first-order valence-electron chi connectivity index (χ1n) is 9.54. The third-order valence-corrected chi connectivity index (χ3v) is 5.95. The first-order valence-corrected chi connectivity index (χ1v) is 10.4. The molecule has 0 radical (unpaired) electrons. The maximum absolute atomic E-state index is 12.8. The number of piperidine rings is 1. The Balaban J connectivity index is 1.20. The van der Waals surface area contributed by atoms with Crippen LogP contribution in [-0.4, -0.2) is 40.8 Å². The number of aromatic nitrogens is 2. The topological polar surface area (TPSA) is 89.7 Å². The molecule has 2 aromatic heterocycles. The van der Waals surface area contributed by atoms with Gasteiger partial charge in [0.1, 0.15) is 0 Å². The van der Waals surface area contributed by atoms with Crippen molar-refractivity contribution in [2.75, 3.05) is 25.2 Å². The molecule has 0 bridgehead atoms. The number of thiophene rings is 1. The Hall–Kier alpha value is -2.91. The van der Waals surface area contributed by atoms with Crippen LogP contribution in [0.25, 0.3) is 10.7 Å². The summed E-state index contributed by atoms with van der Waals surface area (Å²) in [5, 5.41) is 9.04. The highest BCUT2D eigenvalue weighted by atomic mass is 32.1. The number of carbonyl (C=O) groups is 1. The van der Waals surface area contributed by atoms with Crippen molar-refractivity contribution in [2.45, 2.75) is 19.4 Å². The SMILES string of the molecule is O=C(Nc1ccc2c(c1)OCO2)C1CCCN(Cc2nc(-c3cccs3)no2)C1. The number of nitrogens with one attached hydrogen (secondary N) is 1. The third kappa shape index (κ3) is 3.96. The molecule has 4 heterocycles. The number of carbonyl (C=O) groups excluding carboxylic acids is 1. The van der Waals surface area contributed by atoms with E-state index in [-0.39, 0.29) is 18.6 Å². The van der Waals surface area contributed by atoms with E-state index in [1.165, 1.54) is 0 Å². The number of hydrogen-bond donors (Lipinski definition) is 1. The predicted molar refractivity (Wildman–Crippen MR) is 107 cm³/mol. The fourth-order valence-corrected chi connectivity index (χ4v) is 4.30. The van der Waals surface area contributed by atoms with Crippen LogP contribution in [-0.2, 0) is 11.3 Å². The molecule has 1 fully saturated rings. The summed E-state index contributed by atoms with van der Waals surface area (Å²) in [6.45, 7) is 2.33. The summed E-state index contributed by atoms with van der Waals surface area (Å²) in [5.41, 5.74) is 0.717. The lowest BCUT2D eigenvalue weighted by Gasteiger charge is -2.30. The first kappa shape index (κ1) is 18.1. The van der Waals surface area contributed by atoms with E-state index in [0.29, 0.717) is 42.0 Å². The minimum absolute atomic E-state index is 0.0124. The highest BCUT2D eigenvalue weighted by Crippen LogP contribution is 2.34. The second kappa shape index (κ2) is 7.84. The van der Waals surface area contributed by atoms with Crippen molar-refractivity contribution in [1.29, 1.82) is 0 Å². The van der Waals surface area contributed by atoms with Gasteiger partial charge in [-0.25, -0.2) is 0 Å². The van der Waals surface area contributed by atoms with E-state index in [4.69, 9.17) is 14.0 Å². The zero-order valence-corrected chi connectivity index (χ0v) is 16.5. The summed E-state index contributed by atoms with van der Waals surface area (Å²) in [6, 6.07) is 9.37. The monoisotopic (exact) mass is 412 g/mol. The van der Waals surface area contributed by atoms with E-state index in [2.05, 4.69) is 20.4 Å². The number of rotatable bonds is 5. The molecule has 2 aliphatic heterocycles. The second-order valence-electron chi connectivity index (χ2n) is 7.12. The Morgan fingerprint density at radius 3 is 3.10 bits per heavy atom. The van der Waals surface area contributed by atoms with E-state index >= 15 is 0 Å². The van der Waals surface area contributed by atoms with Crippen molar-refractivity contribution in [3.63, 3.8) is 0 Å². The highest BCUT2D eigenvalue weighted by Gasteiger charge is 2.27. The van der Waals surface area contributed by atoms with Crippen LogP contribution in [0.1, 0.15) is 18.7 Å². The molecular weight excluding hydrogens is 392 g/mol. The quantitative estimate of drug-likeness (QED) is 0.687. The Kier molecular flexibility index (Phi) is 4.91. The van der Waals surface area contributed by atoms with Gasteiger partial charge in [0.25, 0.3) is 0 Å². The van der Waals surface area contributed by atoms with Gasteiger partial charge in [0, 0.05) is 18.3 Å². The molecule has 3 aromatic rings. The summed E-state index contributed by atoms with van der Waals surface area (Å²) in [5.74, 6) is 2.47. The zero-order valence-electron chi connectivity index (χ0n) is 15.7. The molecule has 150 valence electrons. The summed E-state index contributed by atoms with van der Waals surface area (Å²) >= 11 is 1.58. The fraction of sp³-hybridized carbons (Fsp3) is 0.350. The van der Waals surface area contributed by atoms with Gasteiger partial charge in [-0.15, -0.1) is 11.3 Å². The molecule has 29 heavy (non-hydrogen) atoms. The number of ether oxygens (including phenoxy) is 2. The Morgan fingerprint density at radius 1 is 1.28 bits per heavy atom. The molecule has 1 aromatic carbocycles. The molecule has 5 rings (SSSR count). The number of nitrogens with zero attached hydrogens (tertiary/aromatic N) is 3. The molecule has 1 N–H and O–H groups in total. The van der Waals surface area contributed by atoms with Gasteiger partial charge in [-0.05, 0) is 43.0 Å². The minimum Gasteiger partial charge on any atom is -0.454 e. The average molecular weight is 412 g/mol. The standard InChI is InChI=1S/C20H20N4O4S/c25-20(21-14-5-6-15-16(9-14)27-12-26-15)13-3-1-7-24(10-13)11-18-22-19(23-28-18)17-4-2-8-29-17/h2,4-6,8-9,13H,1,3,7,10-12H2,(H,21,25). The first-order chi connectivity index (χ1) is 14.2. The van der Waals surface area contributed by atoms with Gasteiger partial charge in [-0.2, -0.15) is 4.98 Å². The van der Waals surface area contributed by atoms with Gasteiger partial charge < -0.3 is 19.3 Å². The molecule has 1 amide bonds. The van der Waals surface area contributed by atoms with Crippen molar-refractivity contribution < 1.29 is 18.8 Å². The van der Waals surface area contributed by atoms with Gasteiger partial charge in [0.2, 0.25) is 24.4 Å². The number of fused-ring (bicyclic) bond motifs is 1. The lowest BCUT2D eigenvalue weighted by atomic mass is 9.97. The Labute approximate surface area is 171 Å². The van der Waals surface area contributed by atoms with Crippen LogP contribution in [0.5, 0.6) is 11.5 Å². The van der Waals surface area contributed by atoms with Gasteiger partial charge >= 0.3 is 0 Å². The van der Waals surface area contributed by atoms with E-state index in [1.54, 1.807) is 17.4 Å². The molecule has 0 aliphatic carbocycles. The maximum Gasteiger partial charge on any atom is 0.241 e. The van der Waals surface area contributed by atoms with E-state index in [1.807, 2.05) is 29.6 Å². The molecule has 1 saturated heterocycles. The van der Waals surface area contributed by atoms with Gasteiger partial charge in [-0.3, -0.25) is 9.69 Å². The number of benzene rings is 1. The smallest absolute Gasteiger partial charge is 0.241 e. The van der Waals surface area contributed by atoms with Crippen LogP contribution in [0, 0.1) is 5.92 Å². The van der Waals surface area contributed by atoms with Crippen LogP contribution in [0.15, 0.2) is 40.2 Å². The van der Waals surface area contributed by atoms with E-state index in [0.717, 1.165) is 24.3 Å². The average Bonchev–Trinajstić information content (AvgIpc) is 3.49. The van der Waals surface area contributed by atoms with Crippen LogP contribution in [0.4, 0.5) is 5.69 Å². The summed E-state index contributed by atoms with van der Waals surface area (Å²) in [7, 11) is 0. The van der Waals surface area contributed by atoms with Crippen molar-refractivity contribution in [3.8, 4) is 22.2 Å². The summed E-state index contributed by atoms with van der Waals surface area (Å²) in [6.07, 6.45) is 1.81. The lowest BCUT2D eigenvalue weighted by Crippen LogP contribution is -2.40. The van der Waals surface area contributed by atoms with Crippen molar-refractivity contribution in [3.05, 3.63) is 41.6 Å². The largest absolute Gasteiger partial charge is 0.454 e. The van der Waals surface area contributed by atoms with E-state index in [9.17, 15) is 4.79 Å². The summed E-state index contributed by atoms with van der Waals surface area (Å²) in [4.78, 5) is 20.4. The van der Waals surface area contributed by atoms with Crippen LogP contribution < -0.4 is 14.8 Å².